The summed E-state index contributed by atoms with van der Waals surface area (Å²) < 4.78 is 7.27. The lowest BCUT2D eigenvalue weighted by molar-refractivity contribution is -0.122. The monoisotopic (exact) mass is 482 g/mol. The van der Waals surface area contributed by atoms with E-state index in [0.717, 1.165) is 39.0 Å². The number of fused-ring (bicyclic) bond motifs is 3. The molecule has 7 nitrogen and oxygen atoms in total. The second kappa shape index (κ2) is 9.41. The largest absolute Gasteiger partial charge is 0.497 e. The maximum Gasteiger partial charge on any atom is 0.272 e. The summed E-state index contributed by atoms with van der Waals surface area (Å²) in [5, 5.41) is 4.00. The maximum absolute atomic E-state index is 13.7. The topological polar surface area (TPSA) is 66.8 Å². The van der Waals surface area contributed by atoms with E-state index in [0.29, 0.717) is 12.2 Å². The number of hydrogen-bond donors (Lipinski definition) is 1. The van der Waals surface area contributed by atoms with Crippen LogP contribution in [0.5, 0.6) is 5.75 Å². The van der Waals surface area contributed by atoms with Crippen LogP contribution in [0, 0.1) is 0 Å². The van der Waals surface area contributed by atoms with Crippen LogP contribution in [0.15, 0.2) is 72.8 Å². The number of aromatic nitrogens is 1. The van der Waals surface area contributed by atoms with E-state index >= 15 is 0 Å². The van der Waals surface area contributed by atoms with Gasteiger partial charge in [-0.15, -0.1) is 0 Å². The molecular weight excluding hydrogens is 452 g/mol. The molecule has 4 aromatic rings. The van der Waals surface area contributed by atoms with Crippen LogP contribution < -0.4 is 15.0 Å². The molecule has 0 saturated heterocycles. The zero-order chi connectivity index (χ0) is 25.4. The lowest BCUT2D eigenvalue weighted by Crippen LogP contribution is -2.39. The Balaban J connectivity index is 1.43. The van der Waals surface area contributed by atoms with Gasteiger partial charge in [0.05, 0.1) is 13.2 Å². The van der Waals surface area contributed by atoms with Gasteiger partial charge in [0, 0.05) is 49.8 Å². The van der Waals surface area contributed by atoms with Gasteiger partial charge >= 0.3 is 0 Å². The minimum atomic E-state index is -0.366. The number of ether oxygens (including phenoxy) is 1. The summed E-state index contributed by atoms with van der Waals surface area (Å²) >= 11 is 0. The van der Waals surface area contributed by atoms with Crippen LogP contribution in [-0.4, -0.2) is 49.0 Å². The van der Waals surface area contributed by atoms with Crippen LogP contribution in [0.2, 0.25) is 0 Å². The molecule has 1 atom stereocenters. The number of carbonyl (C=O) groups is 2. The Morgan fingerprint density at radius 2 is 1.69 bits per heavy atom. The number of benzene rings is 3. The summed E-state index contributed by atoms with van der Waals surface area (Å²) in [6.45, 7) is 0.367. The van der Waals surface area contributed by atoms with Crippen molar-refractivity contribution in [3.63, 3.8) is 0 Å². The minimum absolute atomic E-state index is 0.0334. The number of nitrogens with zero attached hydrogens (tertiary/aromatic N) is 3. The Labute approximate surface area is 210 Å². The number of rotatable bonds is 7. The van der Waals surface area contributed by atoms with Crippen LogP contribution in [-0.2, 0) is 18.4 Å². The molecule has 1 aromatic heterocycles. The molecule has 2 amide bonds. The number of amides is 2. The molecule has 36 heavy (non-hydrogen) atoms. The Morgan fingerprint density at radius 1 is 1.00 bits per heavy atom. The highest BCUT2D eigenvalue weighted by Crippen LogP contribution is 2.43. The molecule has 1 N–H and O–H groups in total. The first kappa shape index (κ1) is 23.5. The molecule has 0 bridgehead atoms. The average Bonchev–Trinajstić information content (AvgIpc) is 3.35. The summed E-state index contributed by atoms with van der Waals surface area (Å²) in [6.07, 6.45) is 0. The second-order valence-electron chi connectivity index (χ2n) is 9.28. The molecule has 1 unspecified atom stereocenters. The molecule has 0 saturated carbocycles. The summed E-state index contributed by atoms with van der Waals surface area (Å²) in [7, 11) is 7.52. The summed E-state index contributed by atoms with van der Waals surface area (Å²) in [5.41, 5.74) is 5.60. The van der Waals surface area contributed by atoms with Gasteiger partial charge in [0.25, 0.3) is 5.91 Å². The van der Waals surface area contributed by atoms with E-state index < -0.39 is 0 Å². The Kier molecular flexibility index (Phi) is 6.14. The molecule has 0 spiro atoms. The zero-order valence-corrected chi connectivity index (χ0v) is 21.0. The van der Waals surface area contributed by atoms with Crippen molar-refractivity contribution in [2.24, 2.45) is 7.05 Å². The van der Waals surface area contributed by atoms with E-state index in [1.807, 2.05) is 103 Å². The molecule has 5 rings (SSSR count). The van der Waals surface area contributed by atoms with Gasteiger partial charge in [-0.05, 0) is 41.5 Å². The number of methoxy groups -OCH3 is 1. The standard InChI is InChI=1S/C29H30N4O3/c1-31(2)21-13-9-19(10-14-21)17-30-25(34)18-33-27(20-11-15-22(36-4)16-12-20)26-23-7-5-6-8-24(23)32(3)28(26)29(33)35/h5-16,27H,17-18H2,1-4H3,(H,30,34). The van der Waals surface area contributed by atoms with Crippen molar-refractivity contribution in [2.45, 2.75) is 12.6 Å². The Bertz CT molecular complexity index is 1420. The minimum Gasteiger partial charge on any atom is -0.497 e. The van der Waals surface area contributed by atoms with E-state index in [2.05, 4.69) is 5.32 Å². The molecule has 7 heteroatoms. The number of hydrogen-bond acceptors (Lipinski definition) is 4. The van der Waals surface area contributed by atoms with Crippen molar-refractivity contribution < 1.29 is 14.3 Å². The Hall–Kier alpha value is -4.26. The normalized spacial score (nSPS) is 14.7. The Morgan fingerprint density at radius 3 is 2.36 bits per heavy atom. The predicted octanol–water partition coefficient (Wildman–Crippen LogP) is 4.11. The van der Waals surface area contributed by atoms with E-state index in [4.69, 9.17) is 4.74 Å². The number of anilines is 1. The van der Waals surface area contributed by atoms with Crippen molar-refractivity contribution in [1.82, 2.24) is 14.8 Å². The van der Waals surface area contributed by atoms with E-state index in [9.17, 15) is 9.59 Å². The van der Waals surface area contributed by atoms with Gasteiger partial charge < -0.3 is 24.4 Å². The highest BCUT2D eigenvalue weighted by molar-refractivity contribution is 6.07. The highest BCUT2D eigenvalue weighted by Gasteiger charge is 2.42. The van der Waals surface area contributed by atoms with Crippen molar-refractivity contribution in [1.29, 1.82) is 0 Å². The first-order valence-electron chi connectivity index (χ1n) is 11.9. The molecule has 1 aliphatic rings. The van der Waals surface area contributed by atoms with Gasteiger partial charge in [0.2, 0.25) is 5.91 Å². The molecule has 0 aliphatic carbocycles. The smallest absolute Gasteiger partial charge is 0.272 e. The van der Waals surface area contributed by atoms with E-state index in [-0.39, 0.29) is 24.4 Å². The van der Waals surface area contributed by atoms with Crippen LogP contribution >= 0.6 is 0 Å². The molecular formula is C29H30N4O3. The SMILES string of the molecule is COc1ccc(C2c3c(n(C)c4ccccc34)C(=O)N2CC(=O)NCc2ccc(N(C)C)cc2)cc1. The molecule has 3 aromatic carbocycles. The molecule has 1 aliphatic heterocycles. The van der Waals surface area contributed by atoms with Crippen LogP contribution in [0.4, 0.5) is 5.69 Å². The number of aryl methyl sites for hydroxylation is 1. The quantitative estimate of drug-likeness (QED) is 0.431. The van der Waals surface area contributed by atoms with E-state index in [1.54, 1.807) is 12.0 Å². The highest BCUT2D eigenvalue weighted by atomic mass is 16.5. The fourth-order valence-corrected chi connectivity index (χ4v) is 4.99. The van der Waals surface area contributed by atoms with Gasteiger partial charge in [-0.25, -0.2) is 0 Å². The van der Waals surface area contributed by atoms with Gasteiger partial charge in [0.15, 0.2) is 0 Å². The number of carbonyl (C=O) groups excluding carboxylic acids is 2. The second-order valence-corrected chi connectivity index (χ2v) is 9.28. The first-order chi connectivity index (χ1) is 17.4. The summed E-state index contributed by atoms with van der Waals surface area (Å²) in [4.78, 5) is 30.5. The predicted molar refractivity (Wildman–Crippen MR) is 141 cm³/mol. The molecule has 0 fully saturated rings. The van der Waals surface area contributed by atoms with Crippen LogP contribution in [0.1, 0.15) is 33.2 Å². The molecule has 184 valence electrons. The maximum atomic E-state index is 13.7. The third-order valence-electron chi connectivity index (χ3n) is 6.88. The average molecular weight is 483 g/mol. The molecule has 2 heterocycles. The van der Waals surface area contributed by atoms with Crippen molar-refractivity contribution in [3.05, 3.63) is 95.2 Å². The number of para-hydroxylation sites is 1. The lowest BCUT2D eigenvalue weighted by atomic mass is 9.98. The first-order valence-corrected chi connectivity index (χ1v) is 11.9. The van der Waals surface area contributed by atoms with Crippen LogP contribution in [0.25, 0.3) is 10.9 Å². The molecule has 0 radical (unpaired) electrons. The van der Waals surface area contributed by atoms with Gasteiger partial charge in [0.1, 0.15) is 18.0 Å². The van der Waals surface area contributed by atoms with Crippen molar-refractivity contribution in [2.75, 3.05) is 32.6 Å². The fourth-order valence-electron chi connectivity index (χ4n) is 4.99. The van der Waals surface area contributed by atoms with Gasteiger partial charge in [-0.1, -0.05) is 42.5 Å². The van der Waals surface area contributed by atoms with E-state index in [1.165, 1.54) is 0 Å². The van der Waals surface area contributed by atoms with Crippen molar-refractivity contribution >= 4 is 28.4 Å². The summed E-state index contributed by atoms with van der Waals surface area (Å²) in [5.74, 6) is 0.399. The summed E-state index contributed by atoms with van der Waals surface area (Å²) in [6, 6.07) is 23.4. The number of nitrogens with one attached hydrogen (secondary N) is 1. The third-order valence-corrected chi connectivity index (χ3v) is 6.88. The lowest BCUT2D eigenvalue weighted by Gasteiger charge is -2.26. The van der Waals surface area contributed by atoms with Gasteiger partial charge in [-0.3, -0.25) is 9.59 Å². The van der Waals surface area contributed by atoms with Gasteiger partial charge in [-0.2, -0.15) is 0 Å². The van der Waals surface area contributed by atoms with Crippen molar-refractivity contribution in [3.8, 4) is 5.75 Å². The zero-order valence-electron chi connectivity index (χ0n) is 21.0. The third kappa shape index (κ3) is 4.06. The van der Waals surface area contributed by atoms with Crippen LogP contribution in [0.3, 0.4) is 0 Å². The fraction of sp³-hybridized carbons (Fsp3) is 0.241.